The third-order valence-corrected chi connectivity index (χ3v) is 2.00. The normalized spacial score (nSPS) is 10.0. The van der Waals surface area contributed by atoms with Crippen molar-refractivity contribution in [2.45, 2.75) is 0 Å². The Kier molecular flexibility index (Phi) is 1.79. The van der Waals surface area contributed by atoms with E-state index in [4.69, 9.17) is 20.1 Å². The van der Waals surface area contributed by atoms with E-state index in [2.05, 4.69) is 0 Å². The Hall–Kier alpha value is -2.15. The minimum Gasteiger partial charge on any atom is -0.496 e. The van der Waals surface area contributed by atoms with E-state index < -0.39 is 0 Å². The summed E-state index contributed by atoms with van der Waals surface area (Å²) < 4.78 is 10.3. The lowest BCUT2D eigenvalue weighted by Gasteiger charge is -2.01. The maximum atomic E-state index is 8.67. The van der Waals surface area contributed by atoms with Crippen molar-refractivity contribution in [1.82, 2.24) is 0 Å². The molecule has 4 heteroatoms. The first-order valence-electron chi connectivity index (χ1n) is 4.02. The molecular formula is C10H8N2O2. The van der Waals surface area contributed by atoms with Crippen molar-refractivity contribution < 1.29 is 9.15 Å². The van der Waals surface area contributed by atoms with Gasteiger partial charge in [-0.2, -0.15) is 5.26 Å². The van der Waals surface area contributed by atoms with Crippen molar-refractivity contribution in [2.75, 3.05) is 12.8 Å². The van der Waals surface area contributed by atoms with Gasteiger partial charge in [0.25, 0.3) is 0 Å². The summed E-state index contributed by atoms with van der Waals surface area (Å²) in [5, 5.41) is 9.39. The Bertz CT molecular complexity index is 523. The lowest BCUT2D eigenvalue weighted by molar-refractivity contribution is 0.419. The highest BCUT2D eigenvalue weighted by molar-refractivity contribution is 5.93. The van der Waals surface area contributed by atoms with Crippen molar-refractivity contribution in [1.29, 1.82) is 5.26 Å². The van der Waals surface area contributed by atoms with Gasteiger partial charge in [-0.3, -0.25) is 0 Å². The summed E-state index contributed by atoms with van der Waals surface area (Å²) >= 11 is 0. The van der Waals surface area contributed by atoms with Crippen molar-refractivity contribution in [3.05, 3.63) is 24.0 Å². The molecule has 4 nitrogen and oxygen atoms in total. The number of benzene rings is 1. The number of furan rings is 1. The standard InChI is InChI=1S/C10H8N2O2/c1-13-9-3-2-8(12)10-7(9)4-6(5-11)14-10/h2-4H,12H2,1H3. The van der Waals surface area contributed by atoms with Crippen LogP contribution in [0.2, 0.25) is 0 Å². The summed E-state index contributed by atoms with van der Waals surface area (Å²) in [5.74, 6) is 0.885. The molecule has 0 amide bonds. The van der Waals surface area contributed by atoms with Crippen molar-refractivity contribution in [2.24, 2.45) is 0 Å². The summed E-state index contributed by atoms with van der Waals surface area (Å²) in [4.78, 5) is 0. The fourth-order valence-corrected chi connectivity index (χ4v) is 1.35. The van der Waals surface area contributed by atoms with Crippen LogP contribution in [0.5, 0.6) is 5.75 Å². The van der Waals surface area contributed by atoms with Crippen LogP contribution in [0, 0.1) is 11.3 Å². The fraction of sp³-hybridized carbons (Fsp3) is 0.100. The van der Waals surface area contributed by atoms with E-state index in [1.54, 1.807) is 25.3 Å². The molecule has 2 aromatic rings. The average molecular weight is 188 g/mol. The van der Waals surface area contributed by atoms with Gasteiger partial charge in [0.15, 0.2) is 5.58 Å². The number of nitriles is 1. The maximum absolute atomic E-state index is 8.67. The first-order valence-corrected chi connectivity index (χ1v) is 4.02. The van der Waals surface area contributed by atoms with Gasteiger partial charge in [-0.15, -0.1) is 0 Å². The van der Waals surface area contributed by atoms with Crippen LogP contribution in [0.15, 0.2) is 22.6 Å². The quantitative estimate of drug-likeness (QED) is 0.693. The van der Waals surface area contributed by atoms with Crippen molar-refractivity contribution >= 4 is 16.7 Å². The molecule has 1 aromatic carbocycles. The smallest absolute Gasteiger partial charge is 0.205 e. The summed E-state index contributed by atoms with van der Waals surface area (Å²) in [5.41, 5.74) is 6.69. The number of hydrogen-bond donors (Lipinski definition) is 1. The molecule has 0 fully saturated rings. The summed E-state index contributed by atoms with van der Waals surface area (Å²) in [7, 11) is 1.56. The van der Waals surface area contributed by atoms with Crippen LogP contribution in [0.3, 0.4) is 0 Å². The third-order valence-electron chi connectivity index (χ3n) is 2.00. The van der Waals surface area contributed by atoms with Crippen LogP contribution in [0.4, 0.5) is 5.69 Å². The number of nitrogen functional groups attached to an aromatic ring is 1. The van der Waals surface area contributed by atoms with Gasteiger partial charge < -0.3 is 14.9 Å². The van der Waals surface area contributed by atoms with Crippen LogP contribution >= 0.6 is 0 Å². The minimum atomic E-state index is 0.233. The number of ether oxygens (including phenoxy) is 1. The van der Waals surface area contributed by atoms with Gasteiger partial charge in [0.2, 0.25) is 5.76 Å². The zero-order valence-electron chi connectivity index (χ0n) is 7.57. The van der Waals surface area contributed by atoms with Gasteiger partial charge in [0.1, 0.15) is 11.8 Å². The first kappa shape index (κ1) is 8.45. The van der Waals surface area contributed by atoms with Gasteiger partial charge in [0, 0.05) is 6.07 Å². The lowest BCUT2D eigenvalue weighted by Crippen LogP contribution is -1.87. The summed E-state index contributed by atoms with van der Waals surface area (Å²) in [6.07, 6.45) is 0. The molecule has 1 aromatic heterocycles. The molecule has 0 aliphatic heterocycles. The molecule has 0 aliphatic carbocycles. The monoisotopic (exact) mass is 188 g/mol. The third kappa shape index (κ3) is 1.07. The number of anilines is 1. The van der Waals surface area contributed by atoms with E-state index >= 15 is 0 Å². The Morgan fingerprint density at radius 3 is 2.93 bits per heavy atom. The largest absolute Gasteiger partial charge is 0.496 e. The van der Waals surface area contributed by atoms with Gasteiger partial charge in [-0.25, -0.2) is 0 Å². The van der Waals surface area contributed by atoms with E-state index in [9.17, 15) is 0 Å². The molecule has 70 valence electrons. The van der Waals surface area contributed by atoms with Crippen LogP contribution in [0.1, 0.15) is 5.76 Å². The number of rotatable bonds is 1. The molecule has 2 rings (SSSR count). The highest BCUT2D eigenvalue weighted by atomic mass is 16.5. The van der Waals surface area contributed by atoms with E-state index in [0.29, 0.717) is 17.0 Å². The molecule has 0 radical (unpaired) electrons. The number of fused-ring (bicyclic) bond motifs is 1. The zero-order chi connectivity index (χ0) is 10.1. The van der Waals surface area contributed by atoms with Crippen molar-refractivity contribution in [3.63, 3.8) is 0 Å². The van der Waals surface area contributed by atoms with Crippen molar-refractivity contribution in [3.8, 4) is 11.8 Å². The predicted octanol–water partition coefficient (Wildman–Crippen LogP) is 1.90. The van der Waals surface area contributed by atoms with Gasteiger partial charge in [-0.05, 0) is 12.1 Å². The van der Waals surface area contributed by atoms with Crippen LogP contribution < -0.4 is 10.5 Å². The molecule has 0 spiro atoms. The number of nitrogens with zero attached hydrogens (tertiary/aromatic N) is 1. The molecular weight excluding hydrogens is 180 g/mol. The number of nitrogens with two attached hydrogens (primary N) is 1. The number of hydrogen-bond acceptors (Lipinski definition) is 4. The van der Waals surface area contributed by atoms with Gasteiger partial charge in [-0.1, -0.05) is 0 Å². The van der Waals surface area contributed by atoms with Crippen LogP contribution in [0.25, 0.3) is 11.0 Å². The molecule has 14 heavy (non-hydrogen) atoms. The van der Waals surface area contributed by atoms with Crippen LogP contribution in [-0.4, -0.2) is 7.11 Å². The minimum absolute atomic E-state index is 0.233. The Morgan fingerprint density at radius 2 is 2.29 bits per heavy atom. The topological polar surface area (TPSA) is 72.2 Å². The molecule has 0 aliphatic rings. The molecule has 0 bridgehead atoms. The highest BCUT2D eigenvalue weighted by Crippen LogP contribution is 2.32. The average Bonchev–Trinajstić information content (AvgIpc) is 2.63. The van der Waals surface area contributed by atoms with E-state index in [1.807, 2.05) is 6.07 Å². The van der Waals surface area contributed by atoms with Gasteiger partial charge >= 0.3 is 0 Å². The predicted molar refractivity (Wildman–Crippen MR) is 51.9 cm³/mol. The number of methoxy groups -OCH3 is 1. The molecule has 0 saturated heterocycles. The Labute approximate surface area is 80.5 Å². The molecule has 0 saturated carbocycles. The highest BCUT2D eigenvalue weighted by Gasteiger charge is 2.10. The molecule has 0 atom stereocenters. The maximum Gasteiger partial charge on any atom is 0.205 e. The molecule has 0 unspecified atom stereocenters. The van der Waals surface area contributed by atoms with E-state index in [1.165, 1.54) is 0 Å². The first-order chi connectivity index (χ1) is 6.76. The zero-order valence-corrected chi connectivity index (χ0v) is 7.57. The van der Waals surface area contributed by atoms with E-state index in [-0.39, 0.29) is 5.76 Å². The SMILES string of the molecule is COc1ccc(N)c2oc(C#N)cc12. The Morgan fingerprint density at radius 1 is 1.50 bits per heavy atom. The molecule has 1 heterocycles. The summed E-state index contributed by atoms with van der Waals surface area (Å²) in [6.45, 7) is 0. The van der Waals surface area contributed by atoms with Crippen LogP contribution in [-0.2, 0) is 0 Å². The summed E-state index contributed by atoms with van der Waals surface area (Å²) in [6, 6.07) is 6.96. The Balaban J connectivity index is 2.83. The lowest BCUT2D eigenvalue weighted by atomic mass is 10.2. The second-order valence-corrected chi connectivity index (χ2v) is 2.82. The van der Waals surface area contributed by atoms with Gasteiger partial charge in [0.05, 0.1) is 18.2 Å². The second kappa shape index (κ2) is 2.96. The second-order valence-electron chi connectivity index (χ2n) is 2.82. The fourth-order valence-electron chi connectivity index (χ4n) is 1.35. The van der Waals surface area contributed by atoms with E-state index in [0.717, 1.165) is 5.39 Å². The molecule has 2 N–H and O–H groups in total.